The van der Waals surface area contributed by atoms with Crippen molar-refractivity contribution in [3.63, 3.8) is 0 Å². The van der Waals surface area contributed by atoms with Crippen LogP contribution in [0.4, 0.5) is 0 Å². The molecule has 0 amide bonds. The second kappa shape index (κ2) is 4.85. The molecule has 0 fully saturated rings. The molecule has 0 aromatic carbocycles. The average Bonchev–Trinajstić information content (AvgIpc) is 1.83. The van der Waals surface area contributed by atoms with E-state index in [0.29, 0.717) is 0 Å². The molecule has 1 heteroatoms. The third-order valence-corrected chi connectivity index (χ3v) is 1.08. The quantitative estimate of drug-likeness (QED) is 0.586. The van der Waals surface area contributed by atoms with Crippen LogP contribution >= 0.6 is 0 Å². The first-order valence-corrected chi connectivity index (χ1v) is 3.04. The predicted molar refractivity (Wildman–Crippen MR) is 34.4 cm³/mol. The highest BCUT2D eigenvalue weighted by Crippen LogP contribution is 1.99. The number of unbranched alkanes of at least 4 members (excludes halogenated alkanes) is 1. The van der Waals surface area contributed by atoms with Gasteiger partial charge in [-0.15, -0.1) is 0 Å². The van der Waals surface area contributed by atoms with Crippen molar-refractivity contribution in [3.8, 4) is 0 Å². The second-order valence-electron chi connectivity index (χ2n) is 1.90. The van der Waals surface area contributed by atoms with Gasteiger partial charge in [0.25, 0.3) is 0 Å². The van der Waals surface area contributed by atoms with Gasteiger partial charge in [0.15, 0.2) is 0 Å². The number of hydrogen-bond acceptors (Lipinski definition) is 1. The predicted octanol–water partition coefficient (Wildman–Crippen LogP) is 1.53. The Morgan fingerprint density at radius 3 is 2.75 bits per heavy atom. The van der Waals surface area contributed by atoms with Crippen LogP contribution in [-0.2, 0) is 0 Å². The van der Waals surface area contributed by atoms with Crippen LogP contribution in [0.5, 0.6) is 0 Å². The summed E-state index contributed by atoms with van der Waals surface area (Å²) in [6, 6.07) is 0. The molecule has 0 aromatic rings. The fourth-order valence-electron chi connectivity index (χ4n) is 0.509. The summed E-state index contributed by atoms with van der Waals surface area (Å²) < 4.78 is 0. The molecule has 1 atom stereocenters. The van der Waals surface area contributed by atoms with Gasteiger partial charge >= 0.3 is 0 Å². The molecule has 1 N–H and O–H groups in total. The largest absolute Gasteiger partial charge is 0.389 e. The molecule has 1 nitrogen and oxygen atoms in total. The van der Waals surface area contributed by atoms with Gasteiger partial charge in [-0.2, -0.15) is 0 Å². The minimum Gasteiger partial charge on any atom is -0.389 e. The maximum Gasteiger partial charge on any atom is 0.0723 e. The summed E-state index contributed by atoms with van der Waals surface area (Å²) in [6.45, 7) is 7.12. The maximum absolute atomic E-state index is 8.81. The summed E-state index contributed by atoms with van der Waals surface area (Å²) in [6.07, 6.45) is 3.90. The van der Waals surface area contributed by atoms with Crippen molar-refractivity contribution in [2.24, 2.45) is 0 Å². The highest BCUT2D eigenvalue weighted by Gasteiger charge is 1.93. The average molecular weight is 113 g/mol. The van der Waals surface area contributed by atoms with E-state index in [0.717, 1.165) is 19.3 Å². The van der Waals surface area contributed by atoms with E-state index in [2.05, 4.69) is 6.92 Å². The van der Waals surface area contributed by atoms with Crippen molar-refractivity contribution in [3.05, 3.63) is 12.7 Å². The summed E-state index contributed by atoms with van der Waals surface area (Å²) >= 11 is 0. The van der Waals surface area contributed by atoms with Gasteiger partial charge < -0.3 is 5.11 Å². The molecule has 0 aliphatic rings. The molecule has 0 saturated carbocycles. The molecule has 0 aliphatic heterocycles. The van der Waals surface area contributed by atoms with Gasteiger partial charge in [-0.3, -0.25) is 0 Å². The lowest BCUT2D eigenvalue weighted by Crippen LogP contribution is -1.99. The summed E-state index contributed by atoms with van der Waals surface area (Å²) in [5.41, 5.74) is 0. The SMILES string of the molecule is [CH]=CC(O)CCCC. The van der Waals surface area contributed by atoms with Crippen LogP contribution < -0.4 is 0 Å². The van der Waals surface area contributed by atoms with E-state index in [4.69, 9.17) is 11.7 Å². The molecule has 0 aliphatic carbocycles. The topological polar surface area (TPSA) is 20.2 Å². The standard InChI is InChI=1S/C7H13O/c1-3-5-6-7(8)4-2/h2,4,7-8H,3,5-6H2,1H3. The summed E-state index contributed by atoms with van der Waals surface area (Å²) in [5.74, 6) is 0. The number of rotatable bonds is 4. The fraction of sp³-hybridized carbons (Fsp3) is 0.714. The second-order valence-corrected chi connectivity index (χ2v) is 1.90. The van der Waals surface area contributed by atoms with Crippen LogP contribution in [0.2, 0.25) is 0 Å². The van der Waals surface area contributed by atoms with Gasteiger partial charge in [-0.1, -0.05) is 32.4 Å². The summed E-state index contributed by atoms with van der Waals surface area (Å²) in [7, 11) is 0. The Morgan fingerprint density at radius 2 is 2.38 bits per heavy atom. The van der Waals surface area contributed by atoms with E-state index >= 15 is 0 Å². The number of aliphatic hydroxyl groups excluding tert-OH is 1. The molecule has 47 valence electrons. The third kappa shape index (κ3) is 3.88. The van der Waals surface area contributed by atoms with Crippen LogP contribution in [0, 0.1) is 6.58 Å². The van der Waals surface area contributed by atoms with Crippen molar-refractivity contribution < 1.29 is 5.11 Å². The Balaban J connectivity index is 2.98. The van der Waals surface area contributed by atoms with E-state index in [1.54, 1.807) is 0 Å². The molecule has 0 spiro atoms. The van der Waals surface area contributed by atoms with Crippen LogP contribution in [0.3, 0.4) is 0 Å². The van der Waals surface area contributed by atoms with E-state index in [1.807, 2.05) is 0 Å². The first kappa shape index (κ1) is 7.70. The van der Waals surface area contributed by atoms with Gasteiger partial charge in [0, 0.05) is 0 Å². The summed E-state index contributed by atoms with van der Waals surface area (Å²) in [5, 5.41) is 8.81. The smallest absolute Gasteiger partial charge is 0.0723 e. The fourth-order valence-corrected chi connectivity index (χ4v) is 0.509. The molecule has 0 bridgehead atoms. The highest BCUT2D eigenvalue weighted by molar-refractivity contribution is 4.73. The molecule has 1 radical (unpaired) electrons. The Bertz CT molecular complexity index is 59.4. The van der Waals surface area contributed by atoms with Gasteiger partial charge in [0.05, 0.1) is 6.10 Å². The van der Waals surface area contributed by atoms with Gasteiger partial charge in [0.2, 0.25) is 0 Å². The number of aliphatic hydroxyl groups is 1. The van der Waals surface area contributed by atoms with Crippen molar-refractivity contribution in [1.82, 2.24) is 0 Å². The molecular formula is C7H13O. The Morgan fingerprint density at radius 1 is 1.75 bits per heavy atom. The van der Waals surface area contributed by atoms with Gasteiger partial charge in [-0.05, 0) is 6.42 Å². The van der Waals surface area contributed by atoms with E-state index in [1.165, 1.54) is 6.08 Å². The molecular weight excluding hydrogens is 100 g/mol. The molecule has 0 saturated heterocycles. The van der Waals surface area contributed by atoms with Gasteiger partial charge in [0.1, 0.15) is 0 Å². The van der Waals surface area contributed by atoms with Crippen molar-refractivity contribution in [1.29, 1.82) is 0 Å². The zero-order valence-corrected chi connectivity index (χ0v) is 5.30. The molecule has 1 unspecified atom stereocenters. The maximum atomic E-state index is 8.81. The lowest BCUT2D eigenvalue weighted by atomic mass is 10.2. The third-order valence-electron chi connectivity index (χ3n) is 1.08. The zero-order chi connectivity index (χ0) is 6.41. The lowest BCUT2D eigenvalue weighted by molar-refractivity contribution is 0.209. The highest BCUT2D eigenvalue weighted by atomic mass is 16.3. The van der Waals surface area contributed by atoms with Crippen LogP contribution in [0.25, 0.3) is 0 Å². The molecule has 8 heavy (non-hydrogen) atoms. The minimum atomic E-state index is -0.394. The van der Waals surface area contributed by atoms with Crippen molar-refractivity contribution >= 4 is 0 Å². The van der Waals surface area contributed by atoms with Crippen LogP contribution in [0.1, 0.15) is 26.2 Å². The Labute approximate surface area is 51.0 Å². The summed E-state index contributed by atoms with van der Waals surface area (Å²) in [4.78, 5) is 0. The normalized spacial score (nSPS) is 13.2. The van der Waals surface area contributed by atoms with Gasteiger partial charge in [-0.25, -0.2) is 0 Å². The monoisotopic (exact) mass is 113 g/mol. The minimum absolute atomic E-state index is 0.394. The Hall–Kier alpha value is -0.300. The Kier molecular flexibility index (Phi) is 4.67. The van der Waals surface area contributed by atoms with E-state index in [-0.39, 0.29) is 0 Å². The van der Waals surface area contributed by atoms with Crippen LogP contribution in [0.15, 0.2) is 6.08 Å². The molecule has 0 rings (SSSR count). The number of hydrogen-bond donors (Lipinski definition) is 1. The van der Waals surface area contributed by atoms with Crippen LogP contribution in [-0.4, -0.2) is 11.2 Å². The van der Waals surface area contributed by atoms with Crippen molar-refractivity contribution in [2.75, 3.05) is 0 Å². The molecule has 0 heterocycles. The molecule has 0 aromatic heterocycles. The first-order chi connectivity index (χ1) is 3.81. The van der Waals surface area contributed by atoms with Crippen molar-refractivity contribution in [2.45, 2.75) is 32.3 Å². The lowest BCUT2D eigenvalue weighted by Gasteiger charge is -2.00. The first-order valence-electron chi connectivity index (χ1n) is 3.04. The zero-order valence-electron chi connectivity index (χ0n) is 5.30. The van der Waals surface area contributed by atoms with E-state index in [9.17, 15) is 0 Å². The van der Waals surface area contributed by atoms with E-state index < -0.39 is 6.10 Å².